The molecular formula is C19H20N2O4. The van der Waals surface area contributed by atoms with Gasteiger partial charge in [0.25, 0.3) is 5.91 Å². The zero-order valence-electron chi connectivity index (χ0n) is 13.8. The second kappa shape index (κ2) is 7.79. The maximum Gasteiger partial charge on any atom is 0.255 e. The number of hydrogen-bond acceptors (Lipinski definition) is 5. The highest BCUT2D eigenvalue weighted by Gasteiger charge is 2.28. The molecular weight excluding hydrogens is 320 g/mol. The quantitative estimate of drug-likeness (QED) is 0.847. The van der Waals surface area contributed by atoms with Crippen LogP contribution in [-0.2, 0) is 0 Å². The third-order valence-corrected chi connectivity index (χ3v) is 4.39. The number of carbonyl (C=O) groups is 2. The molecule has 2 heterocycles. The zero-order chi connectivity index (χ0) is 17.6. The minimum absolute atomic E-state index is 0.0621. The van der Waals surface area contributed by atoms with E-state index in [2.05, 4.69) is 4.98 Å². The molecule has 1 aliphatic heterocycles. The van der Waals surface area contributed by atoms with Crippen molar-refractivity contribution in [3.8, 4) is 11.5 Å². The molecule has 1 aromatic heterocycles. The fourth-order valence-electron chi connectivity index (χ4n) is 3.06. The number of hydrogen-bond donors (Lipinski definition) is 1. The summed E-state index contributed by atoms with van der Waals surface area (Å²) in [5.74, 6) is 0.154. The smallest absolute Gasteiger partial charge is 0.255 e. The summed E-state index contributed by atoms with van der Waals surface area (Å²) in [7, 11) is 0. The van der Waals surface area contributed by atoms with Crippen molar-refractivity contribution in [2.75, 3.05) is 13.2 Å². The molecule has 1 saturated heterocycles. The highest BCUT2D eigenvalue weighted by atomic mass is 16.5. The lowest BCUT2D eigenvalue weighted by Crippen LogP contribution is -2.46. The van der Waals surface area contributed by atoms with Crippen LogP contribution in [0.25, 0.3) is 0 Å². The number of nitrogens with zero attached hydrogens (tertiary/aromatic N) is 2. The molecule has 130 valence electrons. The Balaban J connectivity index is 1.73. The monoisotopic (exact) mass is 340 g/mol. The minimum Gasteiger partial charge on any atom is -0.507 e. The zero-order valence-corrected chi connectivity index (χ0v) is 13.8. The van der Waals surface area contributed by atoms with Gasteiger partial charge in [-0.25, -0.2) is 0 Å². The van der Waals surface area contributed by atoms with E-state index in [4.69, 9.17) is 4.74 Å². The van der Waals surface area contributed by atoms with E-state index >= 15 is 0 Å². The Labute approximate surface area is 146 Å². The van der Waals surface area contributed by atoms with E-state index in [1.54, 1.807) is 36.7 Å². The van der Waals surface area contributed by atoms with Crippen molar-refractivity contribution in [2.24, 2.45) is 0 Å². The van der Waals surface area contributed by atoms with Crippen LogP contribution in [0, 0.1) is 0 Å². The summed E-state index contributed by atoms with van der Waals surface area (Å²) >= 11 is 0. The van der Waals surface area contributed by atoms with Gasteiger partial charge in [0.1, 0.15) is 18.1 Å². The molecule has 0 spiro atoms. The number of aldehydes is 1. The lowest BCUT2D eigenvalue weighted by atomic mass is 10.0. The molecule has 1 fully saturated rings. The lowest BCUT2D eigenvalue weighted by Gasteiger charge is -2.35. The van der Waals surface area contributed by atoms with Gasteiger partial charge >= 0.3 is 0 Å². The number of carbonyl (C=O) groups excluding carboxylic acids is 2. The summed E-state index contributed by atoms with van der Waals surface area (Å²) in [5, 5.41) is 9.73. The molecule has 25 heavy (non-hydrogen) atoms. The van der Waals surface area contributed by atoms with Crippen LogP contribution in [0.4, 0.5) is 0 Å². The van der Waals surface area contributed by atoms with Crippen molar-refractivity contribution in [3.05, 3.63) is 53.9 Å². The molecule has 0 bridgehead atoms. The van der Waals surface area contributed by atoms with Gasteiger partial charge in [-0.2, -0.15) is 0 Å². The van der Waals surface area contributed by atoms with Gasteiger partial charge in [0.15, 0.2) is 6.29 Å². The summed E-state index contributed by atoms with van der Waals surface area (Å²) in [4.78, 5) is 29.7. The minimum atomic E-state index is -0.112. The average Bonchev–Trinajstić information content (AvgIpc) is 2.67. The summed E-state index contributed by atoms with van der Waals surface area (Å²) in [6.45, 7) is 0.943. The highest BCUT2D eigenvalue weighted by Crippen LogP contribution is 2.27. The molecule has 1 aliphatic rings. The van der Waals surface area contributed by atoms with Crippen molar-refractivity contribution in [3.63, 3.8) is 0 Å². The number of likely N-dealkylation sites (tertiary alicyclic amines) is 1. The van der Waals surface area contributed by atoms with Gasteiger partial charge in [0.2, 0.25) is 0 Å². The fourth-order valence-corrected chi connectivity index (χ4v) is 3.06. The maximum absolute atomic E-state index is 12.7. The van der Waals surface area contributed by atoms with Crippen LogP contribution in [0.1, 0.15) is 40.0 Å². The van der Waals surface area contributed by atoms with Crippen molar-refractivity contribution in [1.82, 2.24) is 9.88 Å². The third-order valence-electron chi connectivity index (χ3n) is 4.39. The van der Waals surface area contributed by atoms with E-state index in [0.29, 0.717) is 24.1 Å². The van der Waals surface area contributed by atoms with Crippen molar-refractivity contribution in [2.45, 2.75) is 25.3 Å². The van der Waals surface area contributed by atoms with E-state index < -0.39 is 0 Å². The van der Waals surface area contributed by atoms with Gasteiger partial charge in [-0.05, 0) is 43.5 Å². The van der Waals surface area contributed by atoms with Gasteiger partial charge in [0, 0.05) is 18.9 Å². The normalized spacial score (nSPS) is 17.1. The maximum atomic E-state index is 12.7. The Bertz CT molecular complexity index is 748. The topological polar surface area (TPSA) is 79.7 Å². The fraction of sp³-hybridized carbons (Fsp3) is 0.316. The molecule has 0 aliphatic carbocycles. The predicted octanol–water partition coefficient (Wildman–Crippen LogP) is 2.67. The lowest BCUT2D eigenvalue weighted by molar-refractivity contribution is 0.0526. The third kappa shape index (κ3) is 3.79. The second-order valence-electron chi connectivity index (χ2n) is 6.01. The predicted molar refractivity (Wildman–Crippen MR) is 91.9 cm³/mol. The Morgan fingerprint density at radius 3 is 2.96 bits per heavy atom. The highest BCUT2D eigenvalue weighted by molar-refractivity contribution is 5.94. The number of aromatic nitrogens is 1. The Morgan fingerprint density at radius 2 is 2.20 bits per heavy atom. The van der Waals surface area contributed by atoms with Gasteiger partial charge in [-0.3, -0.25) is 14.6 Å². The van der Waals surface area contributed by atoms with Crippen LogP contribution in [0.5, 0.6) is 11.5 Å². The van der Waals surface area contributed by atoms with Crippen molar-refractivity contribution >= 4 is 12.2 Å². The van der Waals surface area contributed by atoms with Gasteiger partial charge < -0.3 is 14.7 Å². The van der Waals surface area contributed by atoms with Crippen molar-refractivity contribution in [1.29, 1.82) is 0 Å². The molecule has 0 saturated carbocycles. The number of pyridine rings is 1. The number of piperidine rings is 1. The SMILES string of the molecule is O=Cc1c(O)cccc1OC[C@@H]1CCCCN1C(=O)c1cccnc1. The standard InChI is InChI=1S/C19H20N2O4/c22-12-16-17(23)7-3-8-18(16)25-13-15-6-1-2-10-21(15)19(24)14-5-4-9-20-11-14/h3-5,7-9,11-12,15,23H,1-2,6,10,13H2/t15-/m0/s1. The Kier molecular flexibility index (Phi) is 5.28. The van der Waals surface area contributed by atoms with Gasteiger partial charge in [-0.15, -0.1) is 0 Å². The van der Waals surface area contributed by atoms with Crippen LogP contribution < -0.4 is 4.74 Å². The van der Waals surface area contributed by atoms with Gasteiger partial charge in [-0.1, -0.05) is 6.07 Å². The van der Waals surface area contributed by atoms with E-state index in [1.165, 1.54) is 6.07 Å². The molecule has 6 nitrogen and oxygen atoms in total. The molecule has 6 heteroatoms. The summed E-state index contributed by atoms with van der Waals surface area (Å²) in [6, 6.07) is 8.11. The number of phenolic OH excluding ortho intramolecular Hbond substituents is 1. The molecule has 0 radical (unpaired) electrons. The summed E-state index contributed by atoms with van der Waals surface area (Å²) < 4.78 is 5.76. The van der Waals surface area contributed by atoms with Gasteiger partial charge in [0.05, 0.1) is 17.2 Å². The molecule has 1 N–H and O–H groups in total. The number of phenols is 1. The molecule has 0 unspecified atom stereocenters. The first-order chi connectivity index (χ1) is 12.2. The number of rotatable bonds is 5. The average molecular weight is 340 g/mol. The van der Waals surface area contributed by atoms with E-state index in [0.717, 1.165) is 19.3 Å². The number of benzene rings is 1. The Morgan fingerprint density at radius 1 is 1.32 bits per heavy atom. The number of ether oxygens (including phenoxy) is 1. The Hall–Kier alpha value is -2.89. The largest absolute Gasteiger partial charge is 0.507 e. The summed E-state index contributed by atoms with van der Waals surface area (Å²) in [6.07, 6.45) is 6.58. The van der Waals surface area contributed by atoms with E-state index in [1.807, 2.05) is 4.90 Å². The second-order valence-corrected chi connectivity index (χ2v) is 6.01. The number of amides is 1. The first-order valence-electron chi connectivity index (χ1n) is 8.31. The van der Waals surface area contributed by atoms with Crippen LogP contribution in [-0.4, -0.2) is 46.4 Å². The van der Waals surface area contributed by atoms with Crippen LogP contribution in [0.2, 0.25) is 0 Å². The van der Waals surface area contributed by atoms with E-state index in [-0.39, 0.29) is 29.9 Å². The van der Waals surface area contributed by atoms with E-state index in [9.17, 15) is 14.7 Å². The van der Waals surface area contributed by atoms with Crippen LogP contribution in [0.3, 0.4) is 0 Å². The van der Waals surface area contributed by atoms with Crippen LogP contribution >= 0.6 is 0 Å². The molecule has 3 rings (SSSR count). The van der Waals surface area contributed by atoms with Crippen LogP contribution in [0.15, 0.2) is 42.7 Å². The first kappa shape index (κ1) is 17.0. The molecule has 2 aromatic rings. The van der Waals surface area contributed by atoms with Crippen molar-refractivity contribution < 1.29 is 19.4 Å². The molecule has 1 amide bonds. The molecule has 1 atom stereocenters. The first-order valence-corrected chi connectivity index (χ1v) is 8.31. The number of aromatic hydroxyl groups is 1. The molecule has 1 aromatic carbocycles. The summed E-state index contributed by atoms with van der Waals surface area (Å²) in [5.41, 5.74) is 0.684.